The molecule has 70 heavy (non-hydrogen) atoms. The van der Waals surface area contributed by atoms with Crippen LogP contribution in [-0.4, -0.2) is 48.9 Å². The molecule has 13 rings (SSSR count). The molecule has 6 atom stereocenters. The Morgan fingerprint density at radius 3 is 1.26 bits per heavy atom. The molecule has 2 N–H and O–H groups in total. The molecule has 0 aromatic rings. The normalized spacial score (nSPS) is 41.6. The van der Waals surface area contributed by atoms with Crippen LogP contribution in [0.1, 0.15) is 240 Å². The molecule has 4 nitrogen and oxygen atoms in total. The molecule has 408 valence electrons. The second-order valence-electron chi connectivity index (χ2n) is 32.9. The SMILES string of the molecule is CC(C)(C)C12C3C4C5C3C1C5C42.CC(C)(C)C1CC12CC2.CC(C)(C)C1CC12CCOCC2.CC(C)(C)C1CCC(OC(F)F)CC1.CC(C)(C)C1CCCCC1CO.CC(C)(C)C1CCCCC1O. The van der Waals surface area contributed by atoms with Crippen molar-refractivity contribution < 1.29 is 28.5 Å². The van der Waals surface area contributed by atoms with Gasteiger partial charge in [0.15, 0.2) is 0 Å². The Balaban J connectivity index is 0.000000124. The molecule has 13 fully saturated rings. The van der Waals surface area contributed by atoms with E-state index in [1.54, 1.807) is 0 Å². The summed E-state index contributed by atoms with van der Waals surface area (Å²) in [6.45, 7) is 41.8. The summed E-state index contributed by atoms with van der Waals surface area (Å²) >= 11 is 0. The minimum Gasteiger partial charge on any atom is -0.396 e. The van der Waals surface area contributed by atoms with Gasteiger partial charge >= 0.3 is 6.61 Å². The van der Waals surface area contributed by atoms with Gasteiger partial charge in [0.05, 0.1) is 12.2 Å². The first-order chi connectivity index (χ1) is 32.2. The maximum absolute atomic E-state index is 11.9. The van der Waals surface area contributed by atoms with Gasteiger partial charge in [0, 0.05) is 19.8 Å². The Morgan fingerprint density at radius 2 is 0.943 bits per heavy atom. The van der Waals surface area contributed by atoms with E-state index in [0.29, 0.717) is 62.3 Å². The lowest BCUT2D eigenvalue weighted by molar-refractivity contribution is -0.634. The quantitative estimate of drug-likeness (QED) is 0.296. The van der Waals surface area contributed by atoms with E-state index >= 15 is 0 Å². The second-order valence-corrected chi connectivity index (χ2v) is 32.9. The Bertz CT molecular complexity index is 1640. The summed E-state index contributed by atoms with van der Waals surface area (Å²) < 4.78 is 33.8. The predicted octanol–water partition coefficient (Wildman–Crippen LogP) is 17.3. The fourth-order valence-corrected chi connectivity index (χ4v) is 19.0. The van der Waals surface area contributed by atoms with Crippen LogP contribution in [0.2, 0.25) is 0 Å². The topological polar surface area (TPSA) is 58.9 Å². The molecule has 13 aliphatic rings. The zero-order valence-electron chi connectivity index (χ0n) is 49.1. The van der Waals surface area contributed by atoms with Crippen LogP contribution in [-0.2, 0) is 9.47 Å². The molecule has 0 aromatic carbocycles. The van der Waals surface area contributed by atoms with Crippen molar-refractivity contribution >= 4 is 0 Å². The van der Waals surface area contributed by atoms with Crippen molar-refractivity contribution in [1.82, 2.24) is 0 Å². The zero-order chi connectivity index (χ0) is 52.0. The molecule has 12 aliphatic carbocycles. The second kappa shape index (κ2) is 20.2. The minimum atomic E-state index is -2.61. The van der Waals surface area contributed by atoms with Gasteiger partial charge in [-0.15, -0.1) is 0 Å². The minimum absolute atomic E-state index is 0.0382. The van der Waals surface area contributed by atoms with Crippen LogP contribution in [0, 0.1) is 126 Å². The molecule has 1 saturated heterocycles. The van der Waals surface area contributed by atoms with Crippen molar-refractivity contribution in [2.45, 2.75) is 259 Å². The highest BCUT2D eigenvalue weighted by Crippen LogP contribution is 3.08. The molecule has 0 amide bonds. The highest BCUT2D eigenvalue weighted by Gasteiger charge is 3.05. The molecule has 0 bridgehead atoms. The van der Waals surface area contributed by atoms with E-state index in [1.807, 2.05) is 0 Å². The van der Waals surface area contributed by atoms with Gasteiger partial charge in [-0.2, -0.15) is 8.78 Å². The van der Waals surface area contributed by atoms with E-state index < -0.39 is 6.61 Å². The summed E-state index contributed by atoms with van der Waals surface area (Å²) in [6, 6.07) is 0. The number of rotatable bonds is 3. The molecular formula is C64H114F2O4. The molecule has 0 radical (unpaired) electrons. The smallest absolute Gasteiger partial charge is 0.345 e. The zero-order valence-corrected chi connectivity index (χ0v) is 49.1. The number of hydrogen-bond acceptors (Lipinski definition) is 4. The molecule has 6 heteroatoms. The van der Waals surface area contributed by atoms with Crippen LogP contribution >= 0.6 is 0 Å². The van der Waals surface area contributed by atoms with Crippen LogP contribution < -0.4 is 0 Å². The number of hydrogen-bond donors (Lipinski definition) is 2. The first kappa shape index (κ1) is 57.4. The summed E-state index contributed by atoms with van der Waals surface area (Å²) in [6.07, 6.45) is 22.0. The van der Waals surface area contributed by atoms with Crippen molar-refractivity contribution in [2.75, 3.05) is 19.8 Å². The van der Waals surface area contributed by atoms with E-state index in [4.69, 9.17) is 4.74 Å². The van der Waals surface area contributed by atoms with Crippen LogP contribution in [0.25, 0.3) is 0 Å². The molecule has 0 aromatic heterocycles. The van der Waals surface area contributed by atoms with Crippen LogP contribution in [0.5, 0.6) is 0 Å². The van der Waals surface area contributed by atoms with E-state index in [-0.39, 0.29) is 12.2 Å². The van der Waals surface area contributed by atoms with Gasteiger partial charge in [0.25, 0.3) is 0 Å². The highest BCUT2D eigenvalue weighted by atomic mass is 19.3. The number of halogens is 2. The Morgan fingerprint density at radius 1 is 0.514 bits per heavy atom. The Hall–Kier alpha value is -0.300. The molecule has 1 heterocycles. The maximum Gasteiger partial charge on any atom is 0.345 e. The summed E-state index contributed by atoms with van der Waals surface area (Å²) in [7, 11) is 0. The van der Waals surface area contributed by atoms with Crippen molar-refractivity contribution in [2.24, 2.45) is 126 Å². The number of aliphatic hydroxyl groups is 2. The van der Waals surface area contributed by atoms with Crippen molar-refractivity contribution in [3.63, 3.8) is 0 Å². The first-order valence-corrected chi connectivity index (χ1v) is 30.0. The lowest BCUT2D eigenvalue weighted by Gasteiger charge is -3.09. The number of ether oxygens (including phenoxy) is 2. The van der Waals surface area contributed by atoms with Crippen LogP contribution in [0.4, 0.5) is 8.78 Å². The molecule has 6 unspecified atom stereocenters. The van der Waals surface area contributed by atoms with Gasteiger partial charge in [-0.05, 0) is 216 Å². The van der Waals surface area contributed by atoms with Crippen molar-refractivity contribution in [3.05, 3.63) is 0 Å². The summed E-state index contributed by atoms with van der Waals surface area (Å²) in [5.41, 5.74) is 5.26. The van der Waals surface area contributed by atoms with Gasteiger partial charge in [-0.1, -0.05) is 150 Å². The average molecular weight is 986 g/mol. The standard InChI is InChI=1S/C12H16.C11H20F2O.C11H20O.C11H22O.C10H20O.C9H16/c1-11(2,3)12-8-5-4-6(8)10(12)7(4)9(5)12;1-11(2,3)8-4-6-9(7-5-8)14-10(12)13;1-10(2,3)9-8-11(9)4-6-12-7-5-11;1-11(2,3)10-7-5-4-6-9(10)8-12;1-10(2,3)8-6-4-5-7-9(8)11;1-8(2,3)7-6-9(7)4-5-9/h4-10H,1-3H3;8-10H,4-7H2,1-3H3;9H,4-8H2,1-3H3;9-10,12H,4-8H2,1-3H3;8-9,11H,4-7H2,1-3H3;7H,4-6H2,1-3H3. The molecule has 12 saturated carbocycles. The molecule has 1 aliphatic heterocycles. The maximum atomic E-state index is 11.9. The monoisotopic (exact) mass is 985 g/mol. The number of alkyl halides is 2. The predicted molar refractivity (Wildman–Crippen MR) is 287 cm³/mol. The van der Waals surface area contributed by atoms with Crippen molar-refractivity contribution in [3.8, 4) is 0 Å². The third-order valence-corrected chi connectivity index (χ3v) is 22.9. The Labute approximate surface area is 431 Å². The summed E-state index contributed by atoms with van der Waals surface area (Å²) in [4.78, 5) is 0. The summed E-state index contributed by atoms with van der Waals surface area (Å²) in [5.74, 6) is 13.3. The molecule has 2 spiro atoms. The van der Waals surface area contributed by atoms with Crippen LogP contribution in [0.3, 0.4) is 0 Å². The number of aliphatic hydroxyl groups excluding tert-OH is 2. The van der Waals surface area contributed by atoms with E-state index in [1.165, 1.54) is 125 Å². The Kier molecular flexibility index (Phi) is 16.6. The largest absolute Gasteiger partial charge is 0.396 e. The highest BCUT2D eigenvalue weighted by molar-refractivity contribution is 5.51. The lowest BCUT2D eigenvalue weighted by atomic mass is 8.94. The van der Waals surface area contributed by atoms with Crippen molar-refractivity contribution in [1.29, 1.82) is 0 Å². The third-order valence-electron chi connectivity index (χ3n) is 22.9. The lowest BCUT2D eigenvalue weighted by Crippen LogP contribution is -3.07. The van der Waals surface area contributed by atoms with E-state index in [9.17, 15) is 19.0 Å². The van der Waals surface area contributed by atoms with Gasteiger partial charge in [-0.3, -0.25) is 0 Å². The fraction of sp³-hybridized carbons (Fsp3) is 1.00. The van der Waals surface area contributed by atoms with E-state index in [0.717, 1.165) is 73.9 Å². The van der Waals surface area contributed by atoms with Gasteiger partial charge in [0.2, 0.25) is 0 Å². The average Bonchev–Trinajstić information content (AvgIpc) is 4.21. The fourth-order valence-electron chi connectivity index (χ4n) is 19.0. The van der Waals surface area contributed by atoms with E-state index in [2.05, 4.69) is 129 Å². The van der Waals surface area contributed by atoms with Crippen LogP contribution in [0.15, 0.2) is 0 Å². The van der Waals surface area contributed by atoms with Gasteiger partial charge in [-0.25, -0.2) is 0 Å². The molecular weight excluding hydrogens is 871 g/mol. The van der Waals surface area contributed by atoms with Gasteiger partial charge in [0.1, 0.15) is 0 Å². The summed E-state index contributed by atoms with van der Waals surface area (Å²) in [5, 5.41) is 18.9. The van der Waals surface area contributed by atoms with Gasteiger partial charge < -0.3 is 19.7 Å². The first-order valence-electron chi connectivity index (χ1n) is 30.0. The third kappa shape index (κ3) is 11.2.